The molecule has 2 rings (SSSR count). The quantitative estimate of drug-likeness (QED) is 0.845. The first-order valence-corrected chi connectivity index (χ1v) is 7.08. The van der Waals surface area contributed by atoms with Gasteiger partial charge in [-0.25, -0.2) is 0 Å². The van der Waals surface area contributed by atoms with Gasteiger partial charge in [-0.15, -0.1) is 0 Å². The van der Waals surface area contributed by atoms with Gasteiger partial charge in [0.15, 0.2) is 0 Å². The van der Waals surface area contributed by atoms with Crippen molar-refractivity contribution in [3.63, 3.8) is 0 Å². The monoisotopic (exact) mass is 257 g/mol. The third-order valence-corrected chi connectivity index (χ3v) is 4.59. The molecule has 0 atom stereocenters. The Balaban J connectivity index is 2.12. The lowest BCUT2D eigenvalue weighted by Crippen LogP contribution is -2.38. The number of nitrogen functional groups attached to an aromatic ring is 1. The number of anilines is 2. The van der Waals surface area contributed by atoms with Crippen LogP contribution in [-0.4, -0.2) is 13.1 Å². The summed E-state index contributed by atoms with van der Waals surface area (Å²) in [5.74, 6) is 0. The molecule has 3 heteroatoms. The Morgan fingerprint density at radius 2 is 2.05 bits per heavy atom. The van der Waals surface area contributed by atoms with Crippen LogP contribution in [0.5, 0.6) is 0 Å². The van der Waals surface area contributed by atoms with Crippen molar-refractivity contribution in [2.24, 2.45) is 5.41 Å². The Labute approximate surface area is 116 Å². The fourth-order valence-electron chi connectivity index (χ4n) is 2.69. The van der Waals surface area contributed by atoms with Crippen LogP contribution in [0.2, 0.25) is 0 Å². The molecule has 102 valence electrons. The summed E-state index contributed by atoms with van der Waals surface area (Å²) < 4.78 is 0. The van der Waals surface area contributed by atoms with Crippen molar-refractivity contribution in [1.82, 2.24) is 0 Å². The maximum Gasteiger partial charge on any atom is 0.0670 e. The lowest BCUT2D eigenvalue weighted by Gasteiger charge is -2.40. The summed E-state index contributed by atoms with van der Waals surface area (Å²) >= 11 is 0. The van der Waals surface area contributed by atoms with Gasteiger partial charge in [-0.2, -0.15) is 5.26 Å². The van der Waals surface area contributed by atoms with E-state index in [1.807, 2.05) is 6.07 Å². The molecule has 0 radical (unpaired) electrons. The van der Waals surface area contributed by atoms with Gasteiger partial charge in [-0.3, -0.25) is 0 Å². The highest BCUT2D eigenvalue weighted by Crippen LogP contribution is 2.36. The average molecular weight is 257 g/mol. The zero-order chi connectivity index (χ0) is 13.9. The van der Waals surface area contributed by atoms with E-state index in [2.05, 4.69) is 36.9 Å². The number of piperidine rings is 1. The molecule has 0 aliphatic carbocycles. The van der Waals surface area contributed by atoms with Gasteiger partial charge >= 0.3 is 0 Å². The van der Waals surface area contributed by atoms with Crippen molar-refractivity contribution in [1.29, 1.82) is 5.26 Å². The molecule has 0 unspecified atom stereocenters. The van der Waals surface area contributed by atoms with E-state index in [-0.39, 0.29) is 0 Å². The number of benzene rings is 1. The second kappa shape index (κ2) is 5.52. The van der Waals surface area contributed by atoms with Crippen molar-refractivity contribution in [2.75, 3.05) is 23.7 Å². The maximum atomic E-state index is 8.83. The molecule has 0 saturated carbocycles. The Hall–Kier alpha value is -1.69. The fourth-order valence-corrected chi connectivity index (χ4v) is 2.69. The van der Waals surface area contributed by atoms with Gasteiger partial charge in [0.05, 0.1) is 12.5 Å². The predicted octanol–water partition coefficient (Wildman–Crippen LogP) is 3.35. The first-order valence-electron chi connectivity index (χ1n) is 7.08. The Morgan fingerprint density at radius 1 is 1.37 bits per heavy atom. The third kappa shape index (κ3) is 3.01. The van der Waals surface area contributed by atoms with Crippen LogP contribution in [0, 0.1) is 16.7 Å². The molecule has 0 spiro atoms. The summed E-state index contributed by atoms with van der Waals surface area (Å²) in [7, 11) is 0. The van der Waals surface area contributed by atoms with Crippen LogP contribution in [-0.2, 0) is 6.42 Å². The van der Waals surface area contributed by atoms with Gasteiger partial charge in [0.2, 0.25) is 0 Å². The smallest absolute Gasteiger partial charge is 0.0670 e. The highest BCUT2D eigenvalue weighted by atomic mass is 15.1. The fraction of sp³-hybridized carbons (Fsp3) is 0.562. The molecule has 0 amide bonds. The van der Waals surface area contributed by atoms with Gasteiger partial charge in [-0.1, -0.05) is 20.3 Å². The summed E-state index contributed by atoms with van der Waals surface area (Å²) in [6.07, 6.45) is 4.12. The van der Waals surface area contributed by atoms with Crippen LogP contribution < -0.4 is 10.6 Å². The van der Waals surface area contributed by atoms with E-state index >= 15 is 0 Å². The van der Waals surface area contributed by atoms with Crippen molar-refractivity contribution in [2.45, 2.75) is 39.5 Å². The zero-order valence-electron chi connectivity index (χ0n) is 11.9. The van der Waals surface area contributed by atoms with Gasteiger partial charge in [-0.05, 0) is 42.0 Å². The highest BCUT2D eigenvalue weighted by molar-refractivity contribution is 5.59. The molecule has 0 aromatic heterocycles. The Bertz CT molecular complexity index is 479. The van der Waals surface area contributed by atoms with E-state index in [0.717, 1.165) is 24.3 Å². The molecule has 1 aromatic rings. The maximum absolute atomic E-state index is 8.83. The summed E-state index contributed by atoms with van der Waals surface area (Å²) in [5.41, 5.74) is 9.28. The molecule has 1 aliphatic rings. The van der Waals surface area contributed by atoms with E-state index in [1.54, 1.807) is 0 Å². The average Bonchev–Trinajstić information content (AvgIpc) is 2.43. The Morgan fingerprint density at radius 3 is 2.63 bits per heavy atom. The molecular formula is C16H23N3. The molecule has 1 aromatic carbocycles. The molecule has 3 nitrogen and oxygen atoms in total. The number of rotatable bonds is 3. The second-order valence-corrected chi connectivity index (χ2v) is 5.87. The van der Waals surface area contributed by atoms with Gasteiger partial charge in [0.25, 0.3) is 0 Å². The first kappa shape index (κ1) is 13.7. The second-order valence-electron chi connectivity index (χ2n) is 5.87. The van der Waals surface area contributed by atoms with Crippen LogP contribution in [0.25, 0.3) is 0 Å². The third-order valence-electron chi connectivity index (χ3n) is 4.59. The molecule has 1 fully saturated rings. The minimum absolute atomic E-state index is 0.389. The lowest BCUT2D eigenvalue weighted by molar-refractivity contribution is 0.238. The van der Waals surface area contributed by atoms with Crippen LogP contribution in [0.4, 0.5) is 11.4 Å². The molecule has 1 heterocycles. The standard InChI is InChI=1S/C16H23N3/c1-3-16(2)7-10-19(11-8-16)14-4-5-15(18)13(12-14)6-9-17/h4-5,12H,3,6-8,10-11,18H2,1-2H3. The molecule has 0 bridgehead atoms. The molecule has 19 heavy (non-hydrogen) atoms. The number of hydrogen-bond acceptors (Lipinski definition) is 3. The molecule has 1 aliphatic heterocycles. The SMILES string of the molecule is CCC1(C)CCN(c2ccc(N)c(CC#N)c2)CC1. The lowest BCUT2D eigenvalue weighted by atomic mass is 9.78. The largest absolute Gasteiger partial charge is 0.398 e. The van der Waals surface area contributed by atoms with Crippen LogP contribution in [0.1, 0.15) is 38.7 Å². The zero-order valence-corrected chi connectivity index (χ0v) is 11.9. The molecule has 2 N–H and O–H groups in total. The number of hydrogen-bond donors (Lipinski definition) is 1. The highest BCUT2D eigenvalue weighted by Gasteiger charge is 2.28. The predicted molar refractivity (Wildman–Crippen MR) is 80.0 cm³/mol. The number of nitriles is 1. The van der Waals surface area contributed by atoms with Crippen molar-refractivity contribution < 1.29 is 0 Å². The summed E-state index contributed by atoms with van der Waals surface area (Å²) in [4.78, 5) is 2.41. The number of nitrogens with zero attached hydrogens (tertiary/aromatic N) is 2. The molecular weight excluding hydrogens is 234 g/mol. The van der Waals surface area contributed by atoms with Crippen molar-refractivity contribution >= 4 is 11.4 Å². The van der Waals surface area contributed by atoms with E-state index in [9.17, 15) is 0 Å². The minimum atomic E-state index is 0.389. The first-order chi connectivity index (χ1) is 9.08. The van der Waals surface area contributed by atoms with Crippen molar-refractivity contribution in [3.8, 4) is 6.07 Å². The van der Waals surface area contributed by atoms with Gasteiger partial charge in [0.1, 0.15) is 0 Å². The van der Waals surface area contributed by atoms with E-state index < -0.39 is 0 Å². The Kier molecular flexibility index (Phi) is 3.99. The van der Waals surface area contributed by atoms with Gasteiger partial charge in [0, 0.05) is 24.5 Å². The minimum Gasteiger partial charge on any atom is -0.398 e. The van der Waals surface area contributed by atoms with E-state index in [0.29, 0.717) is 11.8 Å². The summed E-state index contributed by atoms with van der Waals surface area (Å²) in [5, 5.41) is 8.83. The normalized spacial score (nSPS) is 18.1. The van der Waals surface area contributed by atoms with Crippen LogP contribution in [0.15, 0.2) is 18.2 Å². The number of nitrogens with two attached hydrogens (primary N) is 1. The van der Waals surface area contributed by atoms with Crippen molar-refractivity contribution in [3.05, 3.63) is 23.8 Å². The van der Waals surface area contributed by atoms with E-state index in [4.69, 9.17) is 11.0 Å². The topological polar surface area (TPSA) is 53.0 Å². The van der Waals surface area contributed by atoms with E-state index in [1.165, 1.54) is 24.9 Å². The van der Waals surface area contributed by atoms with Crippen LogP contribution in [0.3, 0.4) is 0 Å². The molecule has 1 saturated heterocycles. The summed E-state index contributed by atoms with van der Waals surface area (Å²) in [6, 6.07) is 8.26. The van der Waals surface area contributed by atoms with Crippen LogP contribution >= 0.6 is 0 Å². The summed E-state index contributed by atoms with van der Waals surface area (Å²) in [6.45, 7) is 6.86. The van der Waals surface area contributed by atoms with Gasteiger partial charge < -0.3 is 10.6 Å².